The molecule has 2 rings (SSSR count). The smallest absolute Gasteiger partial charge is 0.123 e. The highest BCUT2D eigenvalue weighted by molar-refractivity contribution is 9.10. The maximum Gasteiger partial charge on any atom is 0.123 e. The van der Waals surface area contributed by atoms with Crippen molar-refractivity contribution in [1.29, 1.82) is 0 Å². The number of hydrogen-bond acceptors (Lipinski definition) is 1. The van der Waals surface area contributed by atoms with E-state index in [1.165, 1.54) is 23.3 Å². The van der Waals surface area contributed by atoms with E-state index in [-0.39, 0.29) is 11.9 Å². The van der Waals surface area contributed by atoms with Crippen molar-refractivity contribution >= 4 is 27.5 Å². The molecule has 0 aliphatic heterocycles. The third-order valence-electron chi connectivity index (χ3n) is 3.49. The van der Waals surface area contributed by atoms with E-state index in [1.807, 2.05) is 6.07 Å². The normalized spacial score (nSPS) is 12.4. The van der Waals surface area contributed by atoms with Gasteiger partial charge in [-0.25, -0.2) is 4.39 Å². The topological polar surface area (TPSA) is 12.0 Å². The third-order valence-corrected chi connectivity index (χ3v) is 4.35. The molecule has 0 radical (unpaired) electrons. The van der Waals surface area contributed by atoms with Crippen LogP contribution in [-0.4, -0.2) is 6.54 Å². The van der Waals surface area contributed by atoms with E-state index in [4.69, 9.17) is 11.6 Å². The van der Waals surface area contributed by atoms with Gasteiger partial charge >= 0.3 is 0 Å². The molecule has 0 aliphatic carbocycles. The first-order valence-electron chi connectivity index (χ1n) is 6.94. The summed E-state index contributed by atoms with van der Waals surface area (Å²) in [5.74, 6) is -0.253. The molecule has 1 N–H and O–H groups in total. The lowest BCUT2D eigenvalue weighted by Gasteiger charge is -2.21. The van der Waals surface area contributed by atoms with Crippen molar-refractivity contribution < 1.29 is 4.39 Å². The largest absolute Gasteiger partial charge is 0.310 e. The van der Waals surface area contributed by atoms with Crippen LogP contribution < -0.4 is 5.32 Å². The minimum Gasteiger partial charge on any atom is -0.310 e. The summed E-state index contributed by atoms with van der Waals surface area (Å²) in [6, 6.07) is 10.8. The second-order valence-corrected chi connectivity index (χ2v) is 6.37. The van der Waals surface area contributed by atoms with Crippen LogP contribution >= 0.6 is 27.5 Å². The fourth-order valence-corrected chi connectivity index (χ4v) is 3.16. The van der Waals surface area contributed by atoms with Gasteiger partial charge in [0.2, 0.25) is 0 Å². The first-order valence-corrected chi connectivity index (χ1v) is 8.11. The van der Waals surface area contributed by atoms with Crippen LogP contribution in [0.15, 0.2) is 40.9 Å². The van der Waals surface area contributed by atoms with Crippen molar-refractivity contribution in [3.63, 3.8) is 0 Å². The molecule has 4 heteroatoms. The summed E-state index contributed by atoms with van der Waals surface area (Å²) in [6.45, 7) is 4.99. The molecule has 0 saturated heterocycles. The molecule has 0 aromatic heterocycles. The van der Waals surface area contributed by atoms with Gasteiger partial charge in [0.25, 0.3) is 0 Å². The molecular weight excluding hydrogens is 353 g/mol. The number of aryl methyl sites for hydroxylation is 1. The number of benzene rings is 2. The molecule has 2 aromatic carbocycles. The van der Waals surface area contributed by atoms with Crippen LogP contribution in [-0.2, 0) is 6.42 Å². The van der Waals surface area contributed by atoms with Crippen LogP contribution in [0.2, 0.25) is 5.02 Å². The summed E-state index contributed by atoms with van der Waals surface area (Å²) in [5, 5.41) is 4.06. The number of halogens is 3. The van der Waals surface area contributed by atoms with Gasteiger partial charge < -0.3 is 5.32 Å². The Labute approximate surface area is 138 Å². The highest BCUT2D eigenvalue weighted by Crippen LogP contribution is 2.27. The highest BCUT2D eigenvalue weighted by atomic mass is 79.9. The lowest BCUT2D eigenvalue weighted by atomic mass is 9.95. The fraction of sp³-hybridized carbons (Fsp3) is 0.294. The van der Waals surface area contributed by atoms with Crippen molar-refractivity contribution in [3.05, 3.63) is 68.4 Å². The zero-order valence-corrected chi connectivity index (χ0v) is 14.4. The molecule has 21 heavy (non-hydrogen) atoms. The molecule has 0 aliphatic rings. The van der Waals surface area contributed by atoms with Crippen molar-refractivity contribution in [3.8, 4) is 0 Å². The molecule has 1 nitrogen and oxygen atoms in total. The number of rotatable bonds is 5. The lowest BCUT2D eigenvalue weighted by molar-refractivity contribution is 0.544. The maximum absolute atomic E-state index is 13.4. The summed E-state index contributed by atoms with van der Waals surface area (Å²) in [5.41, 5.74) is 3.23. The summed E-state index contributed by atoms with van der Waals surface area (Å²) in [6.07, 6.45) is 0.660. The van der Waals surface area contributed by atoms with Gasteiger partial charge in [-0.05, 0) is 66.9 Å². The molecule has 0 saturated carbocycles. The molecule has 0 fully saturated rings. The maximum atomic E-state index is 13.4. The zero-order chi connectivity index (χ0) is 15.4. The average Bonchev–Trinajstić information content (AvgIpc) is 2.42. The molecule has 1 atom stereocenters. The van der Waals surface area contributed by atoms with Gasteiger partial charge in [0, 0.05) is 15.5 Å². The summed E-state index contributed by atoms with van der Waals surface area (Å²) in [7, 11) is 0. The highest BCUT2D eigenvalue weighted by Gasteiger charge is 2.15. The second-order valence-electron chi connectivity index (χ2n) is 5.05. The minimum atomic E-state index is -0.253. The van der Waals surface area contributed by atoms with E-state index >= 15 is 0 Å². The standard InChI is InChI=1S/C17H18BrClFN/c1-3-21-17(15-6-4-13(18)8-11(15)2)10-12-9-14(20)5-7-16(12)19/h4-9,17,21H,3,10H2,1-2H3. The molecular formula is C17H18BrClFN. The Balaban J connectivity index is 2.32. The van der Waals surface area contributed by atoms with Crippen LogP contribution in [0.3, 0.4) is 0 Å². The Morgan fingerprint density at radius 2 is 2.00 bits per heavy atom. The second kappa shape index (κ2) is 7.39. The van der Waals surface area contributed by atoms with E-state index in [0.717, 1.165) is 16.6 Å². The zero-order valence-electron chi connectivity index (χ0n) is 12.1. The molecule has 0 heterocycles. The van der Waals surface area contributed by atoms with Gasteiger partial charge in [-0.1, -0.05) is 40.5 Å². The van der Waals surface area contributed by atoms with E-state index in [9.17, 15) is 4.39 Å². The predicted octanol–water partition coefficient (Wildman–Crippen LogP) is 5.44. The van der Waals surface area contributed by atoms with Crippen molar-refractivity contribution in [2.75, 3.05) is 6.54 Å². The van der Waals surface area contributed by atoms with Gasteiger partial charge in [-0.3, -0.25) is 0 Å². The molecule has 112 valence electrons. The summed E-state index contributed by atoms with van der Waals surface area (Å²) in [4.78, 5) is 0. The Bertz CT molecular complexity index is 630. The Morgan fingerprint density at radius 1 is 1.24 bits per heavy atom. The third kappa shape index (κ3) is 4.29. The molecule has 0 amide bonds. The molecule has 0 spiro atoms. The van der Waals surface area contributed by atoms with Gasteiger partial charge in [0.05, 0.1) is 0 Å². The summed E-state index contributed by atoms with van der Waals surface area (Å²) < 4.78 is 14.5. The average molecular weight is 371 g/mol. The van der Waals surface area contributed by atoms with E-state index in [1.54, 1.807) is 6.07 Å². The lowest BCUT2D eigenvalue weighted by Crippen LogP contribution is -2.24. The van der Waals surface area contributed by atoms with Crippen LogP contribution in [0.4, 0.5) is 4.39 Å². The molecule has 0 bridgehead atoms. The Morgan fingerprint density at radius 3 is 2.67 bits per heavy atom. The number of hydrogen-bond donors (Lipinski definition) is 1. The van der Waals surface area contributed by atoms with E-state index < -0.39 is 0 Å². The van der Waals surface area contributed by atoms with E-state index in [0.29, 0.717) is 11.4 Å². The first-order chi connectivity index (χ1) is 10.0. The van der Waals surface area contributed by atoms with Crippen LogP contribution in [0, 0.1) is 12.7 Å². The fourth-order valence-electron chi connectivity index (χ4n) is 2.49. The van der Waals surface area contributed by atoms with Gasteiger partial charge in [0.1, 0.15) is 5.82 Å². The Hall–Kier alpha value is -0.900. The van der Waals surface area contributed by atoms with Crippen LogP contribution in [0.1, 0.15) is 29.7 Å². The molecule has 2 aromatic rings. The monoisotopic (exact) mass is 369 g/mol. The van der Waals surface area contributed by atoms with E-state index in [2.05, 4.69) is 47.2 Å². The van der Waals surface area contributed by atoms with Crippen molar-refractivity contribution in [2.24, 2.45) is 0 Å². The van der Waals surface area contributed by atoms with Crippen LogP contribution in [0.25, 0.3) is 0 Å². The quantitative estimate of drug-likeness (QED) is 0.738. The predicted molar refractivity (Wildman–Crippen MR) is 90.4 cm³/mol. The SMILES string of the molecule is CCNC(Cc1cc(F)ccc1Cl)c1ccc(Br)cc1C. The first kappa shape index (κ1) is 16.5. The number of nitrogens with one attached hydrogen (secondary N) is 1. The molecule has 1 unspecified atom stereocenters. The minimum absolute atomic E-state index is 0.113. The number of likely N-dealkylation sites (N-methyl/N-ethyl adjacent to an activating group) is 1. The van der Waals surface area contributed by atoms with Gasteiger partial charge in [-0.2, -0.15) is 0 Å². The van der Waals surface area contributed by atoms with Gasteiger partial charge in [0.15, 0.2) is 0 Å². The van der Waals surface area contributed by atoms with Crippen molar-refractivity contribution in [1.82, 2.24) is 5.32 Å². The summed E-state index contributed by atoms with van der Waals surface area (Å²) >= 11 is 9.67. The van der Waals surface area contributed by atoms with Gasteiger partial charge in [-0.15, -0.1) is 0 Å². The van der Waals surface area contributed by atoms with Crippen molar-refractivity contribution in [2.45, 2.75) is 26.3 Å². The van der Waals surface area contributed by atoms with Crippen LogP contribution in [0.5, 0.6) is 0 Å². The Kier molecular flexibility index (Phi) is 5.80.